The molecule has 8 fully saturated rings. The van der Waals surface area contributed by atoms with Crippen molar-refractivity contribution >= 4 is 81.4 Å². The minimum Gasteiger partial charge on any atom is -0.491 e. The molecule has 18 rings (SSSR count). The standard InChI is InChI=1S/C46H57N9O5.C26H37N7O.C20H23N3O4/c1-30(2)60-36-7-4-33-26-47-44(38(33)24-36)40-25-43(49-29-48-40)54-21-20-52(31(3)27-54)19-18-50-14-16-51(17-15-50)28-32-10-12-53(13-11-32)34-5-8-37-39(22-34)46(59)55(45(37)58)41-9-6-35(56)23-42(41)57;1-19(2)34-22-5-4-21-16-28-26(23(21)14-22)24-15-25(30-18-29-24)33-13-12-32(20(3)17-33)11-10-31-8-6-27-7-9-31;1-2-12-7-9-22(10-8-12)13-3-4-14-15(11-13)20(27)23(19(14)26)16-5-6-17(24)21-18(16)25/h4-5,7-8,22,24-25,29-32,41H,6,9-21,23,26-28H2,1-3H3;4-5,14-15,18-20,27H,6-13,16-17H2,1-3H3;3-4,11-12,16H,2,5-10H2,1H3,(H,21,24,25)/t31-,41?;20-;/m00./s1. The van der Waals surface area contributed by atoms with Crippen LogP contribution in [-0.4, -0.2) is 300 Å². The predicted molar refractivity (Wildman–Crippen MR) is 464 cm³/mol. The Balaban J connectivity index is 0.000000150. The van der Waals surface area contributed by atoms with Gasteiger partial charge >= 0.3 is 0 Å². The summed E-state index contributed by atoms with van der Waals surface area (Å²) in [7, 11) is 0. The number of benzene rings is 4. The first-order valence-electron chi connectivity index (χ1n) is 44.2. The highest BCUT2D eigenvalue weighted by Crippen LogP contribution is 2.38. The molecule has 0 radical (unpaired) electrons. The van der Waals surface area contributed by atoms with E-state index in [1.54, 1.807) is 30.9 Å². The highest BCUT2D eigenvalue weighted by atomic mass is 16.5. The average molecular weight is 1650 g/mol. The molecule has 0 bridgehead atoms. The number of ketones is 2. The molecule has 29 nitrogen and oxygen atoms in total. The number of nitrogens with zero attached hydrogens (tertiary/aromatic N) is 17. The largest absolute Gasteiger partial charge is 0.491 e. The SMILES string of the molecule is CC(C)Oc1ccc2c(c1)C(c1cc(N3CCN(CCN4CCN(CC5CCN(c6ccc7c(c6)C(=O)N(C6CCC(=O)CC6=O)C7=O)CC5)CC4)[C@@H](C)C3)ncn1)=NC2.CC(C)Oc1ccc2c(c1)C(c1cc(N3CCN(CCN4CCNCC4)[C@@H](C)C3)ncn1)=NC2.CCC1CCN(c2ccc3c(c2)C(=O)N(C2CCC(=O)NC2=O)C3=O)CC1. The third-order valence-electron chi connectivity index (χ3n) is 26.4. The van der Waals surface area contributed by atoms with E-state index in [1.165, 1.54) is 17.5 Å². The van der Waals surface area contributed by atoms with Crippen molar-refractivity contribution in [3.63, 3.8) is 0 Å². The molecule has 2 N–H and O–H groups in total. The van der Waals surface area contributed by atoms with Gasteiger partial charge in [-0.15, -0.1) is 0 Å². The summed E-state index contributed by atoms with van der Waals surface area (Å²) < 4.78 is 11.9. The number of piperidine rings is 3. The molecule has 7 saturated heterocycles. The number of carbonyl (C=O) groups is 8. The van der Waals surface area contributed by atoms with Crippen molar-refractivity contribution in [3.05, 3.63) is 153 Å². The number of hydrogen-bond donors (Lipinski definition) is 2. The zero-order valence-electron chi connectivity index (χ0n) is 71.3. The van der Waals surface area contributed by atoms with Crippen LogP contribution < -0.4 is 39.7 Å². The highest BCUT2D eigenvalue weighted by molar-refractivity contribution is 6.25. The fourth-order valence-corrected chi connectivity index (χ4v) is 19.3. The Morgan fingerprint density at radius 3 is 1.40 bits per heavy atom. The monoisotopic (exact) mass is 1650 g/mol. The Hall–Kier alpha value is -10.3. The molecule has 121 heavy (non-hydrogen) atoms. The number of imide groups is 3. The molecule has 640 valence electrons. The second-order valence-electron chi connectivity index (χ2n) is 35.1. The second-order valence-corrected chi connectivity index (χ2v) is 35.1. The summed E-state index contributed by atoms with van der Waals surface area (Å²) in [6, 6.07) is 26.7. The lowest BCUT2D eigenvalue weighted by Crippen LogP contribution is -2.55. The molecule has 4 atom stereocenters. The molecule has 6 aromatic rings. The first kappa shape index (κ1) is 84.3. The number of rotatable bonds is 21. The van der Waals surface area contributed by atoms with Gasteiger partial charge in [0.15, 0.2) is 5.78 Å². The molecule has 2 aromatic heterocycles. The molecule has 4 aromatic carbocycles. The van der Waals surface area contributed by atoms with Crippen LogP contribution in [0.4, 0.5) is 23.0 Å². The Morgan fingerprint density at radius 2 is 0.917 bits per heavy atom. The zero-order valence-corrected chi connectivity index (χ0v) is 71.3. The lowest BCUT2D eigenvalue weighted by Gasteiger charge is -2.42. The minimum atomic E-state index is -0.918. The van der Waals surface area contributed by atoms with Gasteiger partial charge in [-0.3, -0.25) is 83.1 Å². The Labute approximate surface area is 709 Å². The number of amides is 6. The summed E-state index contributed by atoms with van der Waals surface area (Å²) in [6.07, 6.45) is 9.75. The van der Waals surface area contributed by atoms with Gasteiger partial charge in [-0.25, -0.2) is 19.9 Å². The fraction of sp³-hybridized carbons (Fsp3) is 0.543. The van der Waals surface area contributed by atoms with Crippen LogP contribution in [0.3, 0.4) is 0 Å². The molecule has 12 aliphatic rings. The average Bonchev–Trinajstić information content (AvgIpc) is 1.61. The number of nitrogens with one attached hydrogen (secondary N) is 2. The van der Waals surface area contributed by atoms with Crippen molar-refractivity contribution in [1.82, 2.24) is 64.9 Å². The maximum atomic E-state index is 13.4. The molecular formula is C92H117N19O10. The van der Waals surface area contributed by atoms with Gasteiger partial charge in [0.1, 0.15) is 47.6 Å². The van der Waals surface area contributed by atoms with Crippen molar-refractivity contribution in [1.29, 1.82) is 0 Å². The molecule has 6 amide bonds. The summed E-state index contributed by atoms with van der Waals surface area (Å²) in [5.74, 6) is 1.89. The number of Topliss-reactive ketones (excluding diaryl/α,β-unsaturated/α-hetero) is 2. The van der Waals surface area contributed by atoms with E-state index >= 15 is 0 Å². The summed E-state index contributed by atoms with van der Waals surface area (Å²) in [4.78, 5) is 153. The molecule has 29 heteroatoms. The number of piperazine rings is 4. The quantitative estimate of drug-likeness (QED) is 0.0515. The van der Waals surface area contributed by atoms with E-state index in [-0.39, 0.29) is 61.8 Å². The predicted octanol–water partition coefficient (Wildman–Crippen LogP) is 7.69. The first-order valence-corrected chi connectivity index (χ1v) is 44.2. The number of fused-ring (bicyclic) bond motifs is 4. The van der Waals surface area contributed by atoms with Crippen molar-refractivity contribution < 1.29 is 47.8 Å². The third kappa shape index (κ3) is 19.2. The number of aromatic nitrogens is 4. The topological polar surface area (TPSA) is 291 Å². The summed E-state index contributed by atoms with van der Waals surface area (Å²) in [5, 5.41) is 5.65. The summed E-state index contributed by atoms with van der Waals surface area (Å²) in [6.45, 7) is 40.4. The van der Waals surface area contributed by atoms with Crippen LogP contribution in [0.5, 0.6) is 11.5 Å². The van der Waals surface area contributed by atoms with Crippen LogP contribution in [0.1, 0.15) is 188 Å². The second kappa shape index (κ2) is 37.6. The van der Waals surface area contributed by atoms with E-state index in [0.717, 1.165) is 260 Å². The fourth-order valence-electron chi connectivity index (χ4n) is 19.3. The number of hydrogen-bond acceptors (Lipinski definition) is 26. The summed E-state index contributed by atoms with van der Waals surface area (Å²) >= 11 is 0. The summed E-state index contributed by atoms with van der Waals surface area (Å²) in [5.41, 5.74) is 11.5. The van der Waals surface area contributed by atoms with Crippen LogP contribution in [0, 0.1) is 11.8 Å². The van der Waals surface area contributed by atoms with Crippen molar-refractivity contribution in [2.75, 3.05) is 170 Å². The van der Waals surface area contributed by atoms with Crippen molar-refractivity contribution in [2.24, 2.45) is 21.8 Å². The lowest BCUT2D eigenvalue weighted by molar-refractivity contribution is -0.136. The van der Waals surface area contributed by atoms with E-state index < -0.39 is 41.6 Å². The first-order chi connectivity index (χ1) is 58.6. The maximum absolute atomic E-state index is 13.4. The van der Waals surface area contributed by atoms with Gasteiger partial charge in [-0.05, 0) is 164 Å². The normalized spacial score (nSPS) is 23.0. The lowest BCUT2D eigenvalue weighted by atomic mass is 9.92. The highest BCUT2D eigenvalue weighted by Gasteiger charge is 2.47. The van der Waals surface area contributed by atoms with Crippen molar-refractivity contribution in [3.8, 4) is 11.5 Å². The molecule has 13 heterocycles. The smallest absolute Gasteiger partial charge is 0.262 e. The molecule has 11 aliphatic heterocycles. The number of aliphatic imine (C=N–C) groups is 2. The van der Waals surface area contributed by atoms with Gasteiger partial charge in [-0.1, -0.05) is 25.5 Å². The van der Waals surface area contributed by atoms with Crippen LogP contribution in [0.25, 0.3) is 0 Å². The van der Waals surface area contributed by atoms with E-state index in [0.29, 0.717) is 53.3 Å². The maximum Gasteiger partial charge on any atom is 0.262 e. The zero-order chi connectivity index (χ0) is 84.1. The molecular weight excluding hydrogens is 1530 g/mol. The minimum absolute atomic E-state index is 0.110. The molecule has 1 saturated carbocycles. The van der Waals surface area contributed by atoms with E-state index in [1.807, 2.05) is 58.0 Å². The Bertz CT molecular complexity index is 4930. The van der Waals surface area contributed by atoms with Crippen LogP contribution >= 0.6 is 0 Å². The van der Waals surface area contributed by atoms with E-state index in [9.17, 15) is 38.4 Å². The van der Waals surface area contributed by atoms with E-state index in [4.69, 9.17) is 24.4 Å². The van der Waals surface area contributed by atoms with Gasteiger partial charge in [0.2, 0.25) is 11.8 Å². The van der Waals surface area contributed by atoms with Gasteiger partial charge < -0.3 is 39.3 Å². The number of anilines is 4. The number of carbonyl (C=O) groups excluding carboxylic acids is 8. The Morgan fingerprint density at radius 1 is 0.446 bits per heavy atom. The van der Waals surface area contributed by atoms with Crippen LogP contribution in [0.2, 0.25) is 0 Å². The van der Waals surface area contributed by atoms with Gasteiger partial charge in [-0.2, -0.15) is 0 Å². The van der Waals surface area contributed by atoms with Gasteiger partial charge in [0.05, 0.1) is 82.8 Å². The van der Waals surface area contributed by atoms with E-state index in [2.05, 4.69) is 127 Å². The molecule has 0 spiro atoms. The molecule has 1 aliphatic carbocycles. The van der Waals surface area contributed by atoms with Crippen LogP contribution in [-0.2, 0) is 32.3 Å². The third-order valence-corrected chi connectivity index (χ3v) is 26.4. The Kier molecular flexibility index (Phi) is 26.2. The van der Waals surface area contributed by atoms with Crippen molar-refractivity contribution in [2.45, 2.75) is 162 Å². The number of ether oxygens (including phenoxy) is 2. The molecule has 2 unspecified atom stereocenters. The van der Waals surface area contributed by atoms with Gasteiger partial charge in [0, 0.05) is 210 Å². The van der Waals surface area contributed by atoms with Crippen LogP contribution in [0.15, 0.2) is 108 Å². The van der Waals surface area contributed by atoms with Gasteiger partial charge in [0.25, 0.3) is 23.6 Å².